The van der Waals surface area contributed by atoms with E-state index < -0.39 is 0 Å². The largest absolute Gasteiger partial charge is 0.373 e. The number of carbonyl (C=O) groups is 1. The number of anilines is 2. The lowest BCUT2D eigenvalue weighted by atomic mass is 10.1. The Balaban J connectivity index is 1.60. The van der Waals surface area contributed by atoms with Crippen molar-refractivity contribution >= 4 is 44.1 Å². The van der Waals surface area contributed by atoms with Gasteiger partial charge in [0.15, 0.2) is 0 Å². The van der Waals surface area contributed by atoms with E-state index in [1.54, 1.807) is 22.0 Å². The Morgan fingerprint density at radius 2 is 2.21 bits per heavy atom. The van der Waals surface area contributed by atoms with Gasteiger partial charge < -0.3 is 10.2 Å². The van der Waals surface area contributed by atoms with Crippen LogP contribution in [0.1, 0.15) is 6.42 Å². The average Bonchev–Trinajstić information content (AvgIpc) is 3.14. The van der Waals surface area contributed by atoms with Gasteiger partial charge in [-0.25, -0.2) is 0 Å². The van der Waals surface area contributed by atoms with Crippen LogP contribution in [0, 0.1) is 0 Å². The maximum Gasteiger partial charge on any atom is 0.249 e. The molecule has 1 aliphatic rings. The van der Waals surface area contributed by atoms with Gasteiger partial charge in [-0.1, -0.05) is 15.9 Å². The van der Waals surface area contributed by atoms with Crippen LogP contribution in [0.3, 0.4) is 0 Å². The van der Waals surface area contributed by atoms with E-state index in [2.05, 4.69) is 31.3 Å². The predicted molar refractivity (Wildman–Crippen MR) is 97.0 cm³/mol. The topological polar surface area (TPSA) is 63.1 Å². The molecule has 0 bridgehead atoms. The molecule has 24 heavy (non-hydrogen) atoms. The van der Waals surface area contributed by atoms with Crippen molar-refractivity contribution in [1.82, 2.24) is 14.8 Å². The van der Waals surface area contributed by atoms with Crippen LogP contribution in [-0.4, -0.2) is 33.3 Å². The van der Waals surface area contributed by atoms with E-state index in [1.807, 2.05) is 37.5 Å². The number of fused-ring (bicyclic) bond motifs is 1. The number of aromatic nitrogens is 3. The van der Waals surface area contributed by atoms with Crippen LogP contribution in [-0.2, 0) is 11.8 Å². The van der Waals surface area contributed by atoms with E-state index in [1.165, 1.54) is 0 Å². The number of aryl methyl sites for hydroxylation is 1. The molecule has 1 saturated heterocycles. The number of nitrogens with one attached hydrogen (secondary N) is 1. The molecule has 0 spiro atoms. The van der Waals surface area contributed by atoms with Crippen LogP contribution >= 0.6 is 15.9 Å². The number of hydrogen-bond donors (Lipinski definition) is 1. The highest BCUT2D eigenvalue weighted by Crippen LogP contribution is 2.28. The minimum Gasteiger partial charge on any atom is -0.373 e. The fourth-order valence-corrected chi connectivity index (χ4v) is 3.41. The molecule has 1 atom stereocenters. The maximum absolute atomic E-state index is 12.7. The molecule has 1 amide bonds. The molecule has 1 N–H and O–H groups in total. The smallest absolute Gasteiger partial charge is 0.249 e. The van der Waals surface area contributed by atoms with Gasteiger partial charge in [0.2, 0.25) is 5.91 Å². The molecule has 2 aromatic heterocycles. The van der Waals surface area contributed by atoms with Gasteiger partial charge in [0.25, 0.3) is 0 Å². The summed E-state index contributed by atoms with van der Waals surface area (Å²) in [7, 11) is 1.85. The Hall–Kier alpha value is -2.41. The maximum atomic E-state index is 12.7. The van der Waals surface area contributed by atoms with E-state index in [0.29, 0.717) is 6.54 Å². The third kappa shape index (κ3) is 2.65. The SMILES string of the molecule is Cn1cc(N2CCC(Nc3ccnc4ccc(Br)cc34)C2=O)cn1. The monoisotopic (exact) mass is 385 g/mol. The van der Waals surface area contributed by atoms with Gasteiger partial charge >= 0.3 is 0 Å². The van der Waals surface area contributed by atoms with E-state index in [4.69, 9.17) is 0 Å². The first kappa shape index (κ1) is 15.1. The van der Waals surface area contributed by atoms with E-state index in [0.717, 1.165) is 33.2 Å². The molecule has 7 heteroatoms. The third-order valence-electron chi connectivity index (χ3n) is 4.24. The van der Waals surface area contributed by atoms with Crippen LogP contribution in [0.25, 0.3) is 10.9 Å². The summed E-state index contributed by atoms with van der Waals surface area (Å²) in [5.74, 6) is 0.0722. The summed E-state index contributed by atoms with van der Waals surface area (Å²) in [4.78, 5) is 18.9. The lowest BCUT2D eigenvalue weighted by molar-refractivity contribution is -0.117. The van der Waals surface area contributed by atoms with E-state index in [9.17, 15) is 4.79 Å². The summed E-state index contributed by atoms with van der Waals surface area (Å²) in [6.07, 6.45) is 6.10. The van der Waals surface area contributed by atoms with Crippen molar-refractivity contribution < 1.29 is 4.79 Å². The van der Waals surface area contributed by atoms with Gasteiger partial charge in [0, 0.05) is 41.5 Å². The normalized spacial score (nSPS) is 17.7. The van der Waals surface area contributed by atoms with E-state index >= 15 is 0 Å². The molecule has 3 aromatic rings. The van der Waals surface area contributed by atoms with Gasteiger partial charge in [0.05, 0.1) is 17.4 Å². The molecule has 0 aliphatic carbocycles. The zero-order chi connectivity index (χ0) is 16.7. The first-order chi connectivity index (χ1) is 11.6. The zero-order valence-electron chi connectivity index (χ0n) is 13.1. The van der Waals surface area contributed by atoms with Gasteiger partial charge in [-0.2, -0.15) is 5.10 Å². The number of carbonyl (C=O) groups excluding carboxylic acids is 1. The highest BCUT2D eigenvalue weighted by Gasteiger charge is 2.33. The predicted octanol–water partition coefficient (Wildman–Crippen LogP) is 2.95. The molecule has 1 aromatic carbocycles. The van der Waals surface area contributed by atoms with Crippen molar-refractivity contribution in [3.05, 3.63) is 47.3 Å². The van der Waals surface area contributed by atoms with Crippen molar-refractivity contribution in [2.24, 2.45) is 7.05 Å². The van der Waals surface area contributed by atoms with Crippen molar-refractivity contribution in [1.29, 1.82) is 0 Å². The standard InChI is InChI=1S/C17H16BrN5O/c1-22-10-12(9-20-22)23-7-5-16(17(23)24)21-15-4-6-19-14-3-2-11(18)8-13(14)15/h2-4,6,8-10,16H,5,7H2,1H3,(H,19,21). The Morgan fingerprint density at radius 3 is 3.00 bits per heavy atom. The number of pyridine rings is 1. The fraction of sp³-hybridized carbons (Fsp3) is 0.235. The number of benzene rings is 1. The second kappa shape index (κ2) is 5.90. The first-order valence-corrected chi connectivity index (χ1v) is 8.52. The van der Waals surface area contributed by atoms with E-state index in [-0.39, 0.29) is 11.9 Å². The van der Waals surface area contributed by atoms with Crippen LogP contribution in [0.2, 0.25) is 0 Å². The van der Waals surface area contributed by atoms with Gasteiger partial charge in [-0.3, -0.25) is 14.5 Å². The molecule has 1 aliphatic heterocycles. The Labute approximate surface area is 147 Å². The summed E-state index contributed by atoms with van der Waals surface area (Å²) < 4.78 is 2.69. The molecule has 0 saturated carbocycles. The Bertz CT molecular complexity index is 922. The number of rotatable bonds is 3. The highest BCUT2D eigenvalue weighted by atomic mass is 79.9. The Morgan fingerprint density at radius 1 is 1.33 bits per heavy atom. The lowest BCUT2D eigenvalue weighted by Gasteiger charge is -2.17. The molecule has 1 fully saturated rings. The first-order valence-electron chi connectivity index (χ1n) is 7.72. The molecule has 1 unspecified atom stereocenters. The quantitative estimate of drug-likeness (QED) is 0.752. The minimum atomic E-state index is -0.241. The minimum absolute atomic E-state index is 0.0722. The third-order valence-corrected chi connectivity index (χ3v) is 4.74. The van der Waals surface area contributed by atoms with Crippen molar-refractivity contribution in [2.45, 2.75) is 12.5 Å². The lowest BCUT2D eigenvalue weighted by Crippen LogP contribution is -2.33. The van der Waals surface area contributed by atoms with Crippen LogP contribution < -0.4 is 10.2 Å². The van der Waals surface area contributed by atoms with Gasteiger partial charge in [0.1, 0.15) is 6.04 Å². The molecule has 0 radical (unpaired) electrons. The summed E-state index contributed by atoms with van der Waals surface area (Å²) >= 11 is 3.49. The van der Waals surface area contributed by atoms with Crippen molar-refractivity contribution in [3.63, 3.8) is 0 Å². The fourth-order valence-electron chi connectivity index (χ4n) is 3.05. The molecule has 122 valence electrons. The summed E-state index contributed by atoms with van der Waals surface area (Å²) in [5, 5.41) is 8.53. The van der Waals surface area contributed by atoms with Gasteiger partial charge in [-0.15, -0.1) is 0 Å². The average molecular weight is 386 g/mol. The number of amides is 1. The Kier molecular flexibility index (Phi) is 3.72. The molecule has 3 heterocycles. The summed E-state index contributed by atoms with van der Waals surface area (Å²) in [5.41, 5.74) is 2.67. The number of nitrogens with zero attached hydrogens (tertiary/aromatic N) is 4. The van der Waals surface area contributed by atoms with Crippen LogP contribution in [0.5, 0.6) is 0 Å². The number of halogens is 1. The van der Waals surface area contributed by atoms with Crippen molar-refractivity contribution in [3.8, 4) is 0 Å². The van der Waals surface area contributed by atoms with Crippen LogP contribution in [0.15, 0.2) is 47.3 Å². The molecular formula is C17H16BrN5O. The summed E-state index contributed by atoms with van der Waals surface area (Å²) in [6, 6.07) is 7.61. The molecule has 4 rings (SSSR count). The molecule has 6 nitrogen and oxygen atoms in total. The second-order valence-electron chi connectivity index (χ2n) is 5.87. The highest BCUT2D eigenvalue weighted by molar-refractivity contribution is 9.10. The number of hydrogen-bond acceptors (Lipinski definition) is 4. The zero-order valence-corrected chi connectivity index (χ0v) is 14.7. The second-order valence-corrected chi connectivity index (χ2v) is 6.78. The van der Waals surface area contributed by atoms with Crippen molar-refractivity contribution in [2.75, 3.05) is 16.8 Å². The molecular weight excluding hydrogens is 370 g/mol. The van der Waals surface area contributed by atoms with Gasteiger partial charge in [-0.05, 0) is 30.7 Å². The van der Waals surface area contributed by atoms with Crippen LogP contribution in [0.4, 0.5) is 11.4 Å². The summed E-state index contributed by atoms with van der Waals surface area (Å²) in [6.45, 7) is 0.689.